The molecular weight excluding hydrogens is 413 g/mol. The third-order valence-electron chi connectivity index (χ3n) is 4.82. The number of carbonyl (C=O) groups excluding carboxylic acids is 2. The first-order valence-corrected chi connectivity index (χ1v) is 10.1. The van der Waals surface area contributed by atoms with E-state index in [1.165, 1.54) is 5.01 Å². The average Bonchev–Trinajstić information content (AvgIpc) is 3.42. The lowest BCUT2D eigenvalue weighted by molar-refractivity contribution is -0.117. The molecule has 2 amide bonds. The van der Waals surface area contributed by atoms with Crippen molar-refractivity contribution in [2.45, 2.75) is 25.3 Å². The molecule has 150 valence electrons. The van der Waals surface area contributed by atoms with Crippen LogP contribution < -0.4 is 15.6 Å². The highest BCUT2D eigenvalue weighted by Crippen LogP contribution is 2.30. The molecule has 9 heteroatoms. The first-order chi connectivity index (χ1) is 14.0. The van der Waals surface area contributed by atoms with E-state index < -0.39 is 6.04 Å². The largest absolute Gasteiger partial charge is 0.352 e. The number of hydrogen-bond donors (Lipinski definition) is 2. The molecule has 2 N–H and O–H groups in total. The standard InChI is InChI=1S/C20H19Cl2N5O2/c21-13-5-6-16(14(10-13)19(28)24-11-12-3-4-12)26-20(29)17-7-9-25-27(17)18-15(22)2-1-8-23-18/h1-2,5-6,8-10,12,17H,3-4,7,11H2,(H,24,28)(H,26,29). The molecule has 29 heavy (non-hydrogen) atoms. The van der Waals surface area contributed by atoms with Crippen LogP contribution in [0.1, 0.15) is 29.6 Å². The third-order valence-corrected chi connectivity index (χ3v) is 5.35. The van der Waals surface area contributed by atoms with Crippen LogP contribution in [-0.2, 0) is 4.79 Å². The Bertz CT molecular complexity index is 977. The summed E-state index contributed by atoms with van der Waals surface area (Å²) in [6, 6.07) is 7.58. The van der Waals surface area contributed by atoms with Crippen molar-refractivity contribution in [2.24, 2.45) is 11.0 Å². The zero-order valence-electron chi connectivity index (χ0n) is 15.4. The first kappa shape index (κ1) is 19.7. The number of nitrogens with one attached hydrogen (secondary N) is 2. The van der Waals surface area contributed by atoms with Gasteiger partial charge in [-0.15, -0.1) is 0 Å². The second kappa shape index (κ2) is 8.39. The van der Waals surface area contributed by atoms with Gasteiger partial charge in [0, 0.05) is 30.4 Å². The van der Waals surface area contributed by atoms with Gasteiger partial charge in [-0.25, -0.2) is 9.99 Å². The summed E-state index contributed by atoms with van der Waals surface area (Å²) in [7, 11) is 0. The SMILES string of the molecule is O=C(NCC1CC1)c1cc(Cl)ccc1NC(=O)C1CC=NN1c1ncccc1Cl. The Labute approximate surface area is 178 Å². The molecule has 2 aromatic rings. The summed E-state index contributed by atoms with van der Waals surface area (Å²) in [5.41, 5.74) is 0.722. The van der Waals surface area contributed by atoms with E-state index in [1.807, 2.05) is 0 Å². The van der Waals surface area contributed by atoms with Gasteiger partial charge < -0.3 is 10.6 Å². The Morgan fingerprint density at radius 1 is 1.21 bits per heavy atom. The van der Waals surface area contributed by atoms with Gasteiger partial charge in [-0.05, 0) is 49.1 Å². The fraction of sp³-hybridized carbons (Fsp3) is 0.300. The van der Waals surface area contributed by atoms with E-state index >= 15 is 0 Å². The number of amides is 2. The highest BCUT2D eigenvalue weighted by Gasteiger charge is 2.32. The molecule has 0 bridgehead atoms. The van der Waals surface area contributed by atoms with Gasteiger partial charge in [-0.3, -0.25) is 9.59 Å². The van der Waals surface area contributed by atoms with Crippen molar-refractivity contribution >= 4 is 52.7 Å². The van der Waals surface area contributed by atoms with Crippen LogP contribution in [0, 0.1) is 5.92 Å². The van der Waals surface area contributed by atoms with Gasteiger partial charge in [0.05, 0.1) is 16.3 Å². The van der Waals surface area contributed by atoms with Crippen LogP contribution >= 0.6 is 23.2 Å². The van der Waals surface area contributed by atoms with Crippen molar-refractivity contribution in [3.05, 3.63) is 52.1 Å². The second-order valence-electron chi connectivity index (χ2n) is 7.04. The van der Waals surface area contributed by atoms with Crippen molar-refractivity contribution in [1.29, 1.82) is 0 Å². The highest BCUT2D eigenvalue weighted by molar-refractivity contribution is 6.33. The van der Waals surface area contributed by atoms with Crippen molar-refractivity contribution in [3.8, 4) is 0 Å². The van der Waals surface area contributed by atoms with E-state index in [2.05, 4.69) is 20.7 Å². The summed E-state index contributed by atoms with van der Waals surface area (Å²) in [5, 5.41) is 12.3. The Hall–Kier alpha value is -2.64. The number of anilines is 2. The first-order valence-electron chi connectivity index (χ1n) is 9.33. The van der Waals surface area contributed by atoms with E-state index in [-0.39, 0.29) is 11.8 Å². The molecular formula is C20H19Cl2N5O2. The number of hydrazone groups is 1. The molecule has 4 rings (SSSR count). The van der Waals surface area contributed by atoms with E-state index in [0.29, 0.717) is 46.0 Å². The summed E-state index contributed by atoms with van der Waals surface area (Å²) >= 11 is 12.3. The van der Waals surface area contributed by atoms with Gasteiger partial charge in [-0.1, -0.05) is 23.2 Å². The van der Waals surface area contributed by atoms with Crippen LogP contribution in [0.25, 0.3) is 0 Å². The normalized spacial score (nSPS) is 18.0. The third kappa shape index (κ3) is 4.52. The van der Waals surface area contributed by atoms with Gasteiger partial charge in [0.2, 0.25) is 5.91 Å². The molecule has 0 saturated heterocycles. The fourth-order valence-corrected chi connectivity index (χ4v) is 3.45. The summed E-state index contributed by atoms with van der Waals surface area (Å²) in [4.78, 5) is 29.8. The Morgan fingerprint density at radius 2 is 2.03 bits per heavy atom. The second-order valence-corrected chi connectivity index (χ2v) is 7.88. The van der Waals surface area contributed by atoms with E-state index in [4.69, 9.17) is 23.2 Å². The van der Waals surface area contributed by atoms with Gasteiger partial charge in [0.1, 0.15) is 6.04 Å². The minimum Gasteiger partial charge on any atom is -0.352 e. The Morgan fingerprint density at radius 3 is 2.79 bits per heavy atom. The number of halogens is 2. The summed E-state index contributed by atoms with van der Waals surface area (Å²) in [5.74, 6) is 0.370. The summed E-state index contributed by atoms with van der Waals surface area (Å²) in [6.45, 7) is 0.626. The predicted molar refractivity (Wildman–Crippen MR) is 114 cm³/mol. The molecule has 1 saturated carbocycles. The van der Waals surface area contributed by atoms with Crippen LogP contribution in [0.5, 0.6) is 0 Å². The van der Waals surface area contributed by atoms with Gasteiger partial charge in [0.25, 0.3) is 5.91 Å². The number of rotatable bonds is 6. The van der Waals surface area contributed by atoms with Crippen LogP contribution in [0.3, 0.4) is 0 Å². The quantitative estimate of drug-likeness (QED) is 0.729. The minimum absolute atomic E-state index is 0.262. The van der Waals surface area contributed by atoms with Crippen molar-refractivity contribution in [2.75, 3.05) is 16.9 Å². The Kier molecular flexibility index (Phi) is 5.69. The molecule has 1 aromatic carbocycles. The molecule has 1 aliphatic carbocycles. The lowest BCUT2D eigenvalue weighted by Gasteiger charge is -2.23. The maximum atomic E-state index is 13.0. The number of nitrogens with zero attached hydrogens (tertiary/aromatic N) is 3. The average molecular weight is 432 g/mol. The number of carbonyl (C=O) groups is 2. The van der Waals surface area contributed by atoms with Gasteiger partial charge >= 0.3 is 0 Å². The maximum absolute atomic E-state index is 13.0. The van der Waals surface area contributed by atoms with E-state index in [9.17, 15) is 9.59 Å². The van der Waals surface area contributed by atoms with Crippen molar-refractivity contribution < 1.29 is 9.59 Å². The predicted octanol–water partition coefficient (Wildman–Crippen LogP) is 3.73. The maximum Gasteiger partial charge on any atom is 0.253 e. The molecule has 0 radical (unpaired) electrons. The number of aromatic nitrogens is 1. The van der Waals surface area contributed by atoms with Crippen molar-refractivity contribution in [3.63, 3.8) is 0 Å². The molecule has 1 unspecified atom stereocenters. The van der Waals surface area contributed by atoms with Crippen LogP contribution in [-0.4, -0.2) is 35.6 Å². The van der Waals surface area contributed by atoms with Gasteiger partial charge in [0.15, 0.2) is 5.82 Å². The number of benzene rings is 1. The summed E-state index contributed by atoms with van der Waals surface area (Å²) in [6.07, 6.45) is 5.89. The molecule has 2 aliphatic rings. The molecule has 1 aliphatic heterocycles. The van der Waals surface area contributed by atoms with Crippen molar-refractivity contribution in [1.82, 2.24) is 10.3 Å². The van der Waals surface area contributed by atoms with Crippen LogP contribution in [0.15, 0.2) is 41.6 Å². The highest BCUT2D eigenvalue weighted by atomic mass is 35.5. The molecule has 1 fully saturated rings. The molecule has 1 aromatic heterocycles. The van der Waals surface area contributed by atoms with E-state index in [1.54, 1.807) is 42.7 Å². The topological polar surface area (TPSA) is 86.7 Å². The lowest BCUT2D eigenvalue weighted by atomic mass is 10.1. The zero-order chi connectivity index (χ0) is 20.4. The summed E-state index contributed by atoms with van der Waals surface area (Å²) < 4.78 is 0. The smallest absolute Gasteiger partial charge is 0.253 e. The van der Waals surface area contributed by atoms with Crippen LogP contribution in [0.4, 0.5) is 11.5 Å². The van der Waals surface area contributed by atoms with Gasteiger partial charge in [-0.2, -0.15) is 5.10 Å². The number of hydrogen-bond acceptors (Lipinski definition) is 5. The minimum atomic E-state index is -0.625. The monoisotopic (exact) mass is 431 g/mol. The molecule has 1 atom stereocenters. The number of pyridine rings is 1. The van der Waals surface area contributed by atoms with Crippen LogP contribution in [0.2, 0.25) is 10.0 Å². The molecule has 0 spiro atoms. The fourth-order valence-electron chi connectivity index (χ4n) is 3.07. The van der Waals surface area contributed by atoms with E-state index in [0.717, 1.165) is 12.8 Å². The lowest BCUT2D eigenvalue weighted by Crippen LogP contribution is -2.39. The molecule has 2 heterocycles. The Balaban J connectivity index is 1.52. The zero-order valence-corrected chi connectivity index (χ0v) is 17.0. The molecule has 7 nitrogen and oxygen atoms in total.